The Morgan fingerprint density at radius 2 is 1.76 bits per heavy atom. The lowest BCUT2D eigenvalue weighted by Crippen LogP contribution is -2.35. The zero-order chi connectivity index (χ0) is 23.5. The third-order valence-electron chi connectivity index (χ3n) is 4.87. The first kappa shape index (κ1) is 22.6. The van der Waals surface area contributed by atoms with Gasteiger partial charge in [0.05, 0.1) is 12.8 Å². The first-order chi connectivity index (χ1) is 15.9. The van der Waals surface area contributed by atoms with Crippen molar-refractivity contribution in [1.29, 1.82) is 0 Å². The number of carbonyl (C=O) groups is 2. The van der Waals surface area contributed by atoms with Crippen molar-refractivity contribution in [2.75, 3.05) is 12.1 Å². The van der Waals surface area contributed by atoms with Gasteiger partial charge in [-0.3, -0.25) is 15.0 Å². The first-order valence-corrected chi connectivity index (χ1v) is 10.5. The Balaban J connectivity index is 1.53. The second kappa shape index (κ2) is 9.52. The highest BCUT2D eigenvalue weighted by atomic mass is 35.5. The summed E-state index contributed by atoms with van der Waals surface area (Å²) in [7, 11) is 1.48. The topological polar surface area (TPSA) is 67.9 Å². The molecule has 3 aromatic rings. The molecule has 168 valence electrons. The monoisotopic (exact) mass is 486 g/mol. The predicted molar refractivity (Wildman–Crippen MR) is 124 cm³/mol. The van der Waals surface area contributed by atoms with E-state index < -0.39 is 17.6 Å². The molecule has 0 atom stereocenters. The molecule has 0 aliphatic carbocycles. The fourth-order valence-electron chi connectivity index (χ4n) is 3.18. The molecule has 33 heavy (non-hydrogen) atoms. The summed E-state index contributed by atoms with van der Waals surface area (Å²) < 4.78 is 24.4. The first-order valence-electron chi connectivity index (χ1n) is 9.73. The molecule has 0 spiro atoms. The Morgan fingerprint density at radius 1 is 1.00 bits per heavy atom. The minimum Gasteiger partial charge on any atom is -0.493 e. The van der Waals surface area contributed by atoms with E-state index in [1.807, 2.05) is 0 Å². The van der Waals surface area contributed by atoms with E-state index in [4.69, 9.17) is 32.7 Å². The van der Waals surface area contributed by atoms with Gasteiger partial charge in [0.2, 0.25) is 0 Å². The molecule has 0 radical (unpaired) electrons. The lowest BCUT2D eigenvalue weighted by atomic mass is 10.1. The van der Waals surface area contributed by atoms with Crippen LogP contribution in [0.3, 0.4) is 0 Å². The Hall–Kier alpha value is -3.55. The fourth-order valence-corrected chi connectivity index (χ4v) is 3.65. The Bertz CT molecular complexity index is 1260. The third kappa shape index (κ3) is 4.94. The van der Waals surface area contributed by atoms with Gasteiger partial charge in [0.1, 0.15) is 18.0 Å². The van der Waals surface area contributed by atoms with E-state index in [0.717, 1.165) is 10.6 Å². The molecule has 6 nitrogen and oxygen atoms in total. The van der Waals surface area contributed by atoms with Crippen LogP contribution in [0.25, 0.3) is 6.08 Å². The van der Waals surface area contributed by atoms with Crippen molar-refractivity contribution in [2.24, 2.45) is 0 Å². The number of halogens is 3. The number of amides is 2. The van der Waals surface area contributed by atoms with E-state index in [9.17, 15) is 14.0 Å². The normalized spacial score (nSPS) is 14.5. The number of methoxy groups -OCH3 is 1. The number of ether oxygens (including phenoxy) is 2. The Morgan fingerprint density at radius 3 is 2.45 bits per heavy atom. The number of nitrogens with one attached hydrogen (secondary N) is 1. The van der Waals surface area contributed by atoms with Crippen molar-refractivity contribution in [1.82, 2.24) is 5.43 Å². The minimum absolute atomic E-state index is 0.0667. The van der Waals surface area contributed by atoms with Gasteiger partial charge < -0.3 is 9.47 Å². The molecular formula is C24H17Cl2FN2O4. The van der Waals surface area contributed by atoms with Crippen LogP contribution in [0.15, 0.2) is 66.2 Å². The average molecular weight is 487 g/mol. The van der Waals surface area contributed by atoms with Crippen molar-refractivity contribution in [2.45, 2.75) is 6.61 Å². The summed E-state index contributed by atoms with van der Waals surface area (Å²) in [6, 6.07) is 15.3. The van der Waals surface area contributed by atoms with E-state index in [0.29, 0.717) is 32.8 Å². The van der Waals surface area contributed by atoms with Crippen molar-refractivity contribution in [3.63, 3.8) is 0 Å². The van der Waals surface area contributed by atoms with Gasteiger partial charge in [0.25, 0.3) is 11.8 Å². The molecule has 0 aromatic heterocycles. The van der Waals surface area contributed by atoms with Crippen LogP contribution in [-0.4, -0.2) is 18.9 Å². The molecule has 9 heteroatoms. The maximum atomic E-state index is 13.2. The van der Waals surface area contributed by atoms with Gasteiger partial charge in [-0.15, -0.1) is 0 Å². The smallest absolute Gasteiger partial charge is 0.282 e. The Labute approximate surface area is 199 Å². The fraction of sp³-hybridized carbons (Fsp3) is 0.0833. The highest BCUT2D eigenvalue weighted by molar-refractivity contribution is 6.35. The van der Waals surface area contributed by atoms with Crippen LogP contribution < -0.4 is 19.9 Å². The predicted octanol–water partition coefficient (Wildman–Crippen LogP) is 5.18. The van der Waals surface area contributed by atoms with Crippen LogP contribution in [0.2, 0.25) is 10.0 Å². The summed E-state index contributed by atoms with van der Waals surface area (Å²) in [6.45, 7) is 0.195. The van der Waals surface area contributed by atoms with Gasteiger partial charge in [-0.1, -0.05) is 35.3 Å². The zero-order valence-corrected chi connectivity index (χ0v) is 18.8. The van der Waals surface area contributed by atoms with E-state index in [1.54, 1.807) is 36.4 Å². The van der Waals surface area contributed by atoms with E-state index in [1.165, 1.54) is 37.5 Å². The highest BCUT2D eigenvalue weighted by Crippen LogP contribution is 2.31. The number of nitrogens with zero attached hydrogens (tertiary/aromatic N) is 1. The summed E-state index contributed by atoms with van der Waals surface area (Å²) >= 11 is 12.1. The van der Waals surface area contributed by atoms with Gasteiger partial charge >= 0.3 is 0 Å². The lowest BCUT2D eigenvalue weighted by molar-refractivity contribution is -0.117. The van der Waals surface area contributed by atoms with E-state index in [2.05, 4.69) is 5.43 Å². The van der Waals surface area contributed by atoms with Crippen LogP contribution >= 0.6 is 23.2 Å². The molecule has 0 saturated carbocycles. The standard InChI is InChI=1S/C24H17Cl2FN2O4/c1-32-22-11-14(2-9-21(22)33-13-15-3-4-16(25)12-20(15)26)10-19-23(30)28-29(24(19)31)18-7-5-17(27)6-8-18/h2-12H,13H2,1H3,(H,28,30). The molecule has 1 fully saturated rings. The van der Waals surface area contributed by atoms with Crippen molar-refractivity contribution in [3.05, 3.63) is 93.2 Å². The lowest BCUT2D eigenvalue weighted by Gasteiger charge is -2.14. The third-order valence-corrected chi connectivity index (χ3v) is 5.46. The van der Waals surface area contributed by atoms with Crippen LogP contribution in [0.4, 0.5) is 10.1 Å². The second-order valence-electron chi connectivity index (χ2n) is 7.05. The number of rotatable bonds is 6. The van der Waals surface area contributed by atoms with Crippen molar-refractivity contribution < 1.29 is 23.5 Å². The molecule has 0 bridgehead atoms. The maximum Gasteiger partial charge on any atom is 0.282 e. The molecule has 1 aliphatic rings. The van der Waals surface area contributed by atoms with E-state index >= 15 is 0 Å². The zero-order valence-electron chi connectivity index (χ0n) is 17.3. The van der Waals surface area contributed by atoms with Crippen LogP contribution in [-0.2, 0) is 16.2 Å². The van der Waals surface area contributed by atoms with Gasteiger partial charge in [-0.05, 0) is 60.2 Å². The molecular weight excluding hydrogens is 470 g/mol. The average Bonchev–Trinajstić information content (AvgIpc) is 3.07. The molecule has 1 saturated heterocycles. The van der Waals surface area contributed by atoms with Crippen LogP contribution in [0.5, 0.6) is 11.5 Å². The van der Waals surface area contributed by atoms with Gasteiger partial charge in [0, 0.05) is 15.6 Å². The number of benzene rings is 3. The minimum atomic E-state index is -0.569. The van der Waals surface area contributed by atoms with E-state index in [-0.39, 0.29) is 12.2 Å². The molecule has 1 aliphatic heterocycles. The molecule has 3 aromatic carbocycles. The number of hydrazine groups is 1. The molecule has 1 N–H and O–H groups in total. The second-order valence-corrected chi connectivity index (χ2v) is 7.89. The van der Waals surface area contributed by atoms with Gasteiger partial charge in [-0.25, -0.2) is 9.40 Å². The largest absolute Gasteiger partial charge is 0.493 e. The van der Waals surface area contributed by atoms with Crippen LogP contribution in [0, 0.1) is 5.82 Å². The maximum absolute atomic E-state index is 13.2. The van der Waals surface area contributed by atoms with Crippen LogP contribution in [0.1, 0.15) is 11.1 Å². The Kier molecular flexibility index (Phi) is 6.53. The number of hydrogen-bond donors (Lipinski definition) is 1. The summed E-state index contributed by atoms with van der Waals surface area (Å²) in [5.74, 6) is -0.694. The summed E-state index contributed by atoms with van der Waals surface area (Å²) in [4.78, 5) is 25.1. The SMILES string of the molecule is COc1cc(C=C2C(=O)NN(c3ccc(F)cc3)C2=O)ccc1OCc1ccc(Cl)cc1Cl. The van der Waals surface area contributed by atoms with Crippen molar-refractivity contribution in [3.8, 4) is 11.5 Å². The van der Waals surface area contributed by atoms with Gasteiger partial charge in [0.15, 0.2) is 11.5 Å². The molecule has 0 unspecified atom stereocenters. The molecule has 1 heterocycles. The molecule has 2 amide bonds. The highest BCUT2D eigenvalue weighted by Gasteiger charge is 2.34. The van der Waals surface area contributed by atoms with Gasteiger partial charge in [-0.2, -0.15) is 0 Å². The number of anilines is 1. The van der Waals surface area contributed by atoms with Crippen molar-refractivity contribution >= 4 is 46.8 Å². The summed E-state index contributed by atoms with van der Waals surface area (Å²) in [6.07, 6.45) is 1.45. The molecule has 4 rings (SSSR count). The number of hydrogen-bond acceptors (Lipinski definition) is 4. The summed E-state index contributed by atoms with van der Waals surface area (Å²) in [5, 5.41) is 2.08. The summed E-state index contributed by atoms with van der Waals surface area (Å²) in [5.41, 5.74) is 4.07. The number of carbonyl (C=O) groups excluding carboxylic acids is 2. The quantitative estimate of drug-likeness (QED) is 0.384.